The van der Waals surface area contributed by atoms with Gasteiger partial charge in [-0.1, -0.05) is 22.0 Å². The molecule has 0 aliphatic heterocycles. The lowest BCUT2D eigenvalue weighted by atomic mass is 10.0. The van der Waals surface area contributed by atoms with Gasteiger partial charge in [-0.05, 0) is 24.6 Å². The van der Waals surface area contributed by atoms with Crippen LogP contribution in [-0.2, 0) is 5.92 Å². The highest BCUT2D eigenvalue weighted by molar-refractivity contribution is 9.10. The third-order valence-electron chi connectivity index (χ3n) is 1.66. The lowest BCUT2D eigenvalue weighted by Gasteiger charge is -2.13. The van der Waals surface area contributed by atoms with E-state index in [2.05, 4.69) is 15.9 Å². The van der Waals surface area contributed by atoms with Crippen LogP contribution in [-0.4, -0.2) is 0 Å². The van der Waals surface area contributed by atoms with Crippen LogP contribution in [0.25, 0.3) is 0 Å². The van der Waals surface area contributed by atoms with Gasteiger partial charge in [0.05, 0.1) is 0 Å². The molecule has 1 aromatic rings. The lowest BCUT2D eigenvalue weighted by molar-refractivity contribution is 0.0168. The van der Waals surface area contributed by atoms with Crippen molar-refractivity contribution in [3.05, 3.63) is 33.8 Å². The van der Waals surface area contributed by atoms with E-state index in [1.807, 2.05) is 0 Å². The van der Waals surface area contributed by atoms with E-state index in [1.165, 1.54) is 6.07 Å². The van der Waals surface area contributed by atoms with Gasteiger partial charge < -0.3 is 0 Å². The van der Waals surface area contributed by atoms with Crippen LogP contribution in [0, 0.1) is 6.92 Å². The summed E-state index contributed by atoms with van der Waals surface area (Å²) in [6.07, 6.45) is 0. The summed E-state index contributed by atoms with van der Waals surface area (Å²) in [6, 6.07) is 4.76. The van der Waals surface area contributed by atoms with Gasteiger partial charge in [-0.15, -0.1) is 0 Å². The van der Waals surface area contributed by atoms with Gasteiger partial charge in [-0.25, -0.2) is 8.78 Å². The highest BCUT2D eigenvalue weighted by Crippen LogP contribution is 2.30. The lowest BCUT2D eigenvalue weighted by Crippen LogP contribution is -2.08. The molecular weight excluding hydrogens is 226 g/mol. The van der Waals surface area contributed by atoms with Crippen molar-refractivity contribution in [2.24, 2.45) is 0 Å². The molecule has 0 aliphatic rings. The molecular formula is C9H9BrF2. The first kappa shape index (κ1) is 9.65. The summed E-state index contributed by atoms with van der Waals surface area (Å²) in [5.41, 5.74) is 0.697. The first-order valence-electron chi connectivity index (χ1n) is 3.55. The Balaban J connectivity index is 3.19. The Morgan fingerprint density at radius 3 is 2.33 bits per heavy atom. The fraction of sp³-hybridized carbons (Fsp3) is 0.333. The summed E-state index contributed by atoms with van der Waals surface area (Å²) in [4.78, 5) is 0. The van der Waals surface area contributed by atoms with Gasteiger partial charge in [0.15, 0.2) is 0 Å². The predicted molar refractivity (Wildman–Crippen MR) is 48.4 cm³/mol. The van der Waals surface area contributed by atoms with E-state index in [4.69, 9.17) is 0 Å². The highest BCUT2D eigenvalue weighted by Gasteiger charge is 2.25. The first-order valence-corrected chi connectivity index (χ1v) is 4.35. The first-order chi connectivity index (χ1) is 5.41. The maximum Gasteiger partial charge on any atom is 0.270 e. The molecule has 0 unspecified atom stereocenters. The highest BCUT2D eigenvalue weighted by atomic mass is 79.9. The van der Waals surface area contributed by atoms with Crippen LogP contribution in [0.4, 0.5) is 8.78 Å². The van der Waals surface area contributed by atoms with Crippen molar-refractivity contribution in [3.8, 4) is 0 Å². The Kier molecular flexibility index (Phi) is 2.52. The van der Waals surface area contributed by atoms with Crippen LogP contribution >= 0.6 is 15.9 Å². The maximum atomic E-state index is 12.8. The summed E-state index contributed by atoms with van der Waals surface area (Å²) in [5, 5.41) is 0. The van der Waals surface area contributed by atoms with E-state index in [0.29, 0.717) is 5.56 Å². The molecule has 3 heteroatoms. The third-order valence-corrected chi connectivity index (χ3v) is 2.15. The minimum absolute atomic E-state index is 0.0886. The number of alkyl halides is 2. The van der Waals surface area contributed by atoms with Crippen molar-refractivity contribution in [2.45, 2.75) is 19.8 Å². The molecule has 66 valence electrons. The van der Waals surface area contributed by atoms with Crippen LogP contribution in [0.1, 0.15) is 18.1 Å². The normalized spacial score (nSPS) is 11.8. The Bertz CT molecular complexity index is 289. The Labute approximate surface area is 78.7 Å². The summed E-state index contributed by atoms with van der Waals surface area (Å²) < 4.78 is 26.5. The third kappa shape index (κ3) is 2.03. The molecule has 0 N–H and O–H groups in total. The zero-order valence-corrected chi connectivity index (χ0v) is 8.45. The van der Waals surface area contributed by atoms with Crippen LogP contribution in [0.5, 0.6) is 0 Å². The van der Waals surface area contributed by atoms with Crippen molar-refractivity contribution >= 4 is 15.9 Å². The van der Waals surface area contributed by atoms with E-state index in [1.54, 1.807) is 19.1 Å². The molecule has 0 nitrogen and oxygen atoms in total. The van der Waals surface area contributed by atoms with Crippen LogP contribution in [0.2, 0.25) is 0 Å². The van der Waals surface area contributed by atoms with Crippen molar-refractivity contribution in [1.29, 1.82) is 0 Å². The van der Waals surface area contributed by atoms with E-state index in [-0.39, 0.29) is 5.56 Å². The molecule has 0 radical (unpaired) electrons. The second-order valence-electron chi connectivity index (χ2n) is 2.85. The van der Waals surface area contributed by atoms with Crippen molar-refractivity contribution in [3.63, 3.8) is 0 Å². The van der Waals surface area contributed by atoms with E-state index >= 15 is 0 Å². The summed E-state index contributed by atoms with van der Waals surface area (Å²) in [5.74, 6) is -2.75. The van der Waals surface area contributed by atoms with Crippen molar-refractivity contribution < 1.29 is 8.78 Å². The van der Waals surface area contributed by atoms with Gasteiger partial charge in [-0.2, -0.15) is 0 Å². The summed E-state index contributed by atoms with van der Waals surface area (Å²) >= 11 is 3.22. The average Bonchev–Trinajstić information content (AvgIpc) is 1.83. The smallest absolute Gasteiger partial charge is 0.202 e. The Morgan fingerprint density at radius 1 is 1.33 bits per heavy atom. The molecule has 0 saturated heterocycles. The molecule has 0 amide bonds. The summed E-state index contributed by atoms with van der Waals surface area (Å²) in [6.45, 7) is 2.58. The summed E-state index contributed by atoms with van der Waals surface area (Å²) in [7, 11) is 0. The second kappa shape index (κ2) is 3.13. The Morgan fingerprint density at radius 2 is 1.92 bits per heavy atom. The second-order valence-corrected chi connectivity index (χ2v) is 3.76. The van der Waals surface area contributed by atoms with Gasteiger partial charge in [0.2, 0.25) is 0 Å². The zero-order chi connectivity index (χ0) is 9.35. The van der Waals surface area contributed by atoms with Crippen LogP contribution in [0.15, 0.2) is 22.7 Å². The van der Waals surface area contributed by atoms with E-state index in [9.17, 15) is 8.78 Å². The number of rotatable bonds is 1. The maximum absolute atomic E-state index is 12.8. The van der Waals surface area contributed by atoms with Gasteiger partial charge in [0.25, 0.3) is 5.92 Å². The van der Waals surface area contributed by atoms with Crippen molar-refractivity contribution in [1.82, 2.24) is 0 Å². The van der Waals surface area contributed by atoms with E-state index < -0.39 is 5.92 Å². The number of hydrogen-bond donors (Lipinski definition) is 0. The quantitative estimate of drug-likeness (QED) is 0.693. The molecule has 0 saturated carbocycles. The fourth-order valence-electron chi connectivity index (χ4n) is 1.12. The molecule has 0 aliphatic carbocycles. The molecule has 1 aromatic carbocycles. The monoisotopic (exact) mass is 234 g/mol. The van der Waals surface area contributed by atoms with Gasteiger partial charge in [0, 0.05) is 17.0 Å². The topological polar surface area (TPSA) is 0 Å². The van der Waals surface area contributed by atoms with E-state index in [0.717, 1.165) is 11.4 Å². The molecule has 0 heterocycles. The SMILES string of the molecule is Cc1cc(Br)ccc1C(C)(F)F. The number of aryl methyl sites for hydroxylation is 1. The predicted octanol–water partition coefficient (Wildman–Crippen LogP) is 3.87. The van der Waals surface area contributed by atoms with Gasteiger partial charge >= 0.3 is 0 Å². The average molecular weight is 235 g/mol. The standard InChI is InChI=1S/C9H9BrF2/c1-6-5-7(10)3-4-8(6)9(2,11)12/h3-5H,1-2H3. The molecule has 0 fully saturated rings. The molecule has 0 atom stereocenters. The number of benzene rings is 1. The largest absolute Gasteiger partial charge is 0.270 e. The molecule has 0 aromatic heterocycles. The zero-order valence-electron chi connectivity index (χ0n) is 6.87. The van der Waals surface area contributed by atoms with Gasteiger partial charge in [0.1, 0.15) is 0 Å². The molecule has 0 bridgehead atoms. The molecule has 12 heavy (non-hydrogen) atoms. The Hall–Kier alpha value is -0.440. The molecule has 0 spiro atoms. The minimum atomic E-state index is -2.75. The number of halogens is 3. The van der Waals surface area contributed by atoms with Gasteiger partial charge in [-0.3, -0.25) is 0 Å². The molecule has 1 rings (SSSR count). The van der Waals surface area contributed by atoms with Crippen LogP contribution < -0.4 is 0 Å². The van der Waals surface area contributed by atoms with Crippen LogP contribution in [0.3, 0.4) is 0 Å². The minimum Gasteiger partial charge on any atom is -0.202 e. The fourth-order valence-corrected chi connectivity index (χ4v) is 1.60. The van der Waals surface area contributed by atoms with Crippen molar-refractivity contribution in [2.75, 3.05) is 0 Å². The number of hydrogen-bond acceptors (Lipinski definition) is 0.